The van der Waals surface area contributed by atoms with E-state index in [0.717, 1.165) is 75.9 Å². The van der Waals surface area contributed by atoms with Crippen LogP contribution in [0.1, 0.15) is 25.3 Å². The summed E-state index contributed by atoms with van der Waals surface area (Å²) in [7, 11) is 5.92. The first kappa shape index (κ1) is 24.3. The standard InChI is InChI=1S/C24H40N6O2/c1-20(23(31)29-11-7-8-12-29)28-13-15-30(16-14-28)24(25-2)26-19-21-9-5-6-10-22(21)32-18-17-27(3)4/h5-6,9-10,20H,7-8,11-19H2,1-4H3,(H,25,26). The minimum atomic E-state index is -0.0450. The van der Waals surface area contributed by atoms with Crippen LogP contribution in [0.5, 0.6) is 5.75 Å². The van der Waals surface area contributed by atoms with E-state index >= 15 is 0 Å². The highest BCUT2D eigenvalue weighted by molar-refractivity contribution is 5.82. The number of carbonyl (C=O) groups excluding carboxylic acids is 1. The van der Waals surface area contributed by atoms with Gasteiger partial charge in [0.2, 0.25) is 5.91 Å². The second-order valence-electron chi connectivity index (χ2n) is 8.89. The van der Waals surface area contributed by atoms with Crippen molar-refractivity contribution in [3.8, 4) is 5.75 Å². The Hall–Kier alpha value is -2.32. The van der Waals surface area contributed by atoms with Gasteiger partial charge in [0.15, 0.2) is 5.96 Å². The molecule has 0 aliphatic carbocycles. The molecule has 1 aromatic rings. The summed E-state index contributed by atoms with van der Waals surface area (Å²) in [5.41, 5.74) is 1.12. The summed E-state index contributed by atoms with van der Waals surface area (Å²) in [5.74, 6) is 2.09. The van der Waals surface area contributed by atoms with Crippen molar-refractivity contribution in [3.05, 3.63) is 29.8 Å². The number of nitrogens with one attached hydrogen (secondary N) is 1. The third-order valence-electron chi connectivity index (χ3n) is 6.35. The average molecular weight is 445 g/mol. The molecule has 178 valence electrons. The van der Waals surface area contributed by atoms with Gasteiger partial charge in [-0.05, 0) is 39.9 Å². The Morgan fingerprint density at radius 3 is 2.44 bits per heavy atom. The van der Waals surface area contributed by atoms with Gasteiger partial charge in [0.25, 0.3) is 0 Å². The van der Waals surface area contributed by atoms with Crippen LogP contribution in [-0.2, 0) is 11.3 Å². The van der Waals surface area contributed by atoms with E-state index in [4.69, 9.17) is 4.74 Å². The first-order chi connectivity index (χ1) is 15.5. The van der Waals surface area contributed by atoms with E-state index in [9.17, 15) is 4.79 Å². The van der Waals surface area contributed by atoms with Gasteiger partial charge in [-0.25, -0.2) is 0 Å². The fourth-order valence-electron chi connectivity index (χ4n) is 4.31. The molecule has 0 saturated carbocycles. The number of likely N-dealkylation sites (tertiary alicyclic amines) is 1. The number of rotatable bonds is 8. The smallest absolute Gasteiger partial charge is 0.239 e. The van der Waals surface area contributed by atoms with Crippen LogP contribution >= 0.6 is 0 Å². The van der Waals surface area contributed by atoms with Crippen molar-refractivity contribution >= 4 is 11.9 Å². The highest BCUT2D eigenvalue weighted by Gasteiger charge is 2.30. The molecule has 0 aromatic heterocycles. The van der Waals surface area contributed by atoms with Crippen LogP contribution in [0, 0.1) is 0 Å². The Morgan fingerprint density at radius 2 is 1.78 bits per heavy atom. The molecule has 1 aromatic carbocycles. The van der Waals surface area contributed by atoms with Crippen LogP contribution in [0.25, 0.3) is 0 Å². The van der Waals surface area contributed by atoms with Crippen molar-refractivity contribution in [1.29, 1.82) is 0 Å². The summed E-state index contributed by atoms with van der Waals surface area (Å²) in [6.45, 7) is 9.54. The molecule has 2 heterocycles. The van der Waals surface area contributed by atoms with Gasteiger partial charge in [-0.2, -0.15) is 0 Å². The molecule has 0 radical (unpaired) electrons. The van der Waals surface area contributed by atoms with E-state index in [1.807, 2.05) is 44.2 Å². The van der Waals surface area contributed by atoms with Crippen molar-refractivity contribution in [3.63, 3.8) is 0 Å². The number of para-hydroxylation sites is 1. The molecule has 1 N–H and O–H groups in total. The van der Waals surface area contributed by atoms with Gasteiger partial charge in [0.1, 0.15) is 12.4 Å². The van der Waals surface area contributed by atoms with Crippen LogP contribution in [-0.4, -0.2) is 111 Å². The minimum absolute atomic E-state index is 0.0450. The molecular formula is C24H40N6O2. The fourth-order valence-corrected chi connectivity index (χ4v) is 4.31. The number of carbonyl (C=O) groups is 1. The van der Waals surface area contributed by atoms with Crippen LogP contribution in [0.3, 0.4) is 0 Å². The predicted octanol–water partition coefficient (Wildman–Crippen LogP) is 1.33. The number of piperazine rings is 1. The summed E-state index contributed by atoms with van der Waals surface area (Å²) >= 11 is 0. The van der Waals surface area contributed by atoms with E-state index < -0.39 is 0 Å². The molecule has 0 bridgehead atoms. The first-order valence-electron chi connectivity index (χ1n) is 11.8. The number of amides is 1. The maximum atomic E-state index is 12.7. The number of ether oxygens (including phenoxy) is 1. The molecule has 1 unspecified atom stereocenters. The maximum Gasteiger partial charge on any atom is 0.239 e. The molecule has 2 fully saturated rings. The average Bonchev–Trinajstić information content (AvgIpc) is 3.34. The van der Waals surface area contributed by atoms with E-state index in [2.05, 4.69) is 38.0 Å². The van der Waals surface area contributed by atoms with E-state index in [0.29, 0.717) is 13.2 Å². The third kappa shape index (κ3) is 6.59. The predicted molar refractivity (Wildman–Crippen MR) is 129 cm³/mol. The van der Waals surface area contributed by atoms with Crippen LogP contribution in [0.2, 0.25) is 0 Å². The molecule has 1 atom stereocenters. The lowest BCUT2D eigenvalue weighted by atomic mass is 10.2. The largest absolute Gasteiger partial charge is 0.492 e. The molecule has 0 spiro atoms. The summed E-state index contributed by atoms with van der Waals surface area (Å²) in [6.07, 6.45) is 2.27. The summed E-state index contributed by atoms with van der Waals surface area (Å²) in [6, 6.07) is 8.11. The van der Waals surface area contributed by atoms with Crippen LogP contribution < -0.4 is 10.1 Å². The summed E-state index contributed by atoms with van der Waals surface area (Å²) < 4.78 is 5.99. The van der Waals surface area contributed by atoms with Gasteiger partial charge in [0.05, 0.1) is 6.04 Å². The molecule has 8 heteroatoms. The third-order valence-corrected chi connectivity index (χ3v) is 6.35. The molecule has 8 nitrogen and oxygen atoms in total. The van der Waals surface area contributed by atoms with Crippen LogP contribution in [0.15, 0.2) is 29.3 Å². The number of nitrogens with zero attached hydrogens (tertiary/aromatic N) is 5. The van der Waals surface area contributed by atoms with Gasteiger partial charge >= 0.3 is 0 Å². The van der Waals surface area contributed by atoms with Crippen molar-refractivity contribution in [1.82, 2.24) is 24.9 Å². The lowest BCUT2D eigenvalue weighted by molar-refractivity contribution is -0.135. The second kappa shape index (κ2) is 12.1. The Labute approximate surface area is 193 Å². The fraction of sp³-hybridized carbons (Fsp3) is 0.667. The van der Waals surface area contributed by atoms with Crippen molar-refractivity contribution in [2.75, 3.05) is 73.6 Å². The molecular weight excluding hydrogens is 404 g/mol. The minimum Gasteiger partial charge on any atom is -0.492 e. The zero-order valence-electron chi connectivity index (χ0n) is 20.2. The second-order valence-corrected chi connectivity index (χ2v) is 8.89. The topological polar surface area (TPSA) is 63.7 Å². The Kier molecular flexibility index (Phi) is 9.17. The molecule has 32 heavy (non-hydrogen) atoms. The number of hydrogen-bond donors (Lipinski definition) is 1. The molecule has 2 aliphatic rings. The quantitative estimate of drug-likeness (QED) is 0.482. The number of benzene rings is 1. The van der Waals surface area contributed by atoms with Crippen molar-refractivity contribution < 1.29 is 9.53 Å². The Balaban J connectivity index is 1.49. The number of aliphatic imine (C=N–C) groups is 1. The molecule has 1 amide bonds. The number of guanidine groups is 1. The zero-order valence-corrected chi connectivity index (χ0v) is 20.2. The van der Waals surface area contributed by atoms with Gasteiger partial charge in [-0.1, -0.05) is 18.2 Å². The lowest BCUT2D eigenvalue weighted by Crippen LogP contribution is -2.57. The number of likely N-dealkylation sites (N-methyl/N-ethyl adjacent to an activating group) is 1. The van der Waals surface area contributed by atoms with Gasteiger partial charge < -0.3 is 24.8 Å². The lowest BCUT2D eigenvalue weighted by Gasteiger charge is -2.39. The summed E-state index contributed by atoms with van der Waals surface area (Å²) in [5, 5.41) is 3.50. The molecule has 3 rings (SSSR count). The maximum absolute atomic E-state index is 12.7. The van der Waals surface area contributed by atoms with E-state index in [-0.39, 0.29) is 11.9 Å². The first-order valence-corrected chi connectivity index (χ1v) is 11.8. The van der Waals surface area contributed by atoms with E-state index in [1.165, 1.54) is 0 Å². The van der Waals surface area contributed by atoms with Crippen molar-refractivity contribution in [2.24, 2.45) is 4.99 Å². The zero-order chi connectivity index (χ0) is 22.9. The SMILES string of the molecule is CN=C(NCc1ccccc1OCCN(C)C)N1CCN(C(C)C(=O)N2CCCC2)CC1. The van der Waals surface area contributed by atoms with E-state index in [1.54, 1.807) is 0 Å². The molecule has 2 saturated heterocycles. The van der Waals surface area contributed by atoms with Crippen LogP contribution in [0.4, 0.5) is 0 Å². The van der Waals surface area contributed by atoms with Crippen molar-refractivity contribution in [2.45, 2.75) is 32.4 Å². The monoisotopic (exact) mass is 444 g/mol. The van der Waals surface area contributed by atoms with Gasteiger partial charge in [-0.15, -0.1) is 0 Å². The Bertz CT molecular complexity index is 755. The highest BCUT2D eigenvalue weighted by atomic mass is 16.5. The van der Waals surface area contributed by atoms with Gasteiger partial charge in [0, 0.05) is 65.0 Å². The molecule has 2 aliphatic heterocycles. The Morgan fingerprint density at radius 1 is 1.09 bits per heavy atom. The number of hydrogen-bond acceptors (Lipinski definition) is 5. The highest BCUT2D eigenvalue weighted by Crippen LogP contribution is 2.18. The van der Waals surface area contributed by atoms with Gasteiger partial charge in [-0.3, -0.25) is 14.7 Å². The normalized spacial score (nSPS) is 18.8. The summed E-state index contributed by atoms with van der Waals surface area (Å²) in [4.78, 5) is 26.0.